The van der Waals surface area contributed by atoms with Gasteiger partial charge in [0.1, 0.15) is 10.8 Å². The van der Waals surface area contributed by atoms with Crippen molar-refractivity contribution in [1.82, 2.24) is 0 Å². The van der Waals surface area contributed by atoms with Crippen LogP contribution in [0.2, 0.25) is 5.02 Å². The van der Waals surface area contributed by atoms with Crippen molar-refractivity contribution in [2.75, 3.05) is 17.2 Å². The van der Waals surface area contributed by atoms with Gasteiger partial charge in [-0.05, 0) is 62.2 Å². The maximum Gasteiger partial charge on any atom is 0.341 e. The minimum absolute atomic E-state index is 0.0751. The molecule has 0 fully saturated rings. The Morgan fingerprint density at radius 1 is 1.06 bits per heavy atom. The van der Waals surface area contributed by atoms with Crippen molar-refractivity contribution in [3.63, 3.8) is 0 Å². The quantitative estimate of drug-likeness (QED) is 0.439. The first-order valence-electron chi connectivity index (χ1n) is 9.66. The first-order valence-corrected chi connectivity index (χ1v) is 10.9. The van der Waals surface area contributed by atoms with Gasteiger partial charge < -0.3 is 15.4 Å². The monoisotopic (exact) mass is 474 g/mol. The van der Waals surface area contributed by atoms with E-state index in [1.807, 2.05) is 6.92 Å². The van der Waals surface area contributed by atoms with Crippen LogP contribution in [0.1, 0.15) is 48.4 Å². The molecular weight excluding hydrogens is 455 g/mol. The number of aryl methyl sites for hydroxylation is 1. The van der Waals surface area contributed by atoms with E-state index in [-0.39, 0.29) is 27.6 Å². The molecule has 166 valence electrons. The highest BCUT2D eigenvalue weighted by molar-refractivity contribution is 7.19. The largest absolute Gasteiger partial charge is 0.462 e. The van der Waals surface area contributed by atoms with Gasteiger partial charge in [-0.15, -0.1) is 11.3 Å². The Morgan fingerprint density at radius 3 is 2.47 bits per heavy atom. The van der Waals surface area contributed by atoms with E-state index in [0.29, 0.717) is 16.3 Å². The van der Waals surface area contributed by atoms with Gasteiger partial charge in [0.15, 0.2) is 0 Å². The molecule has 1 aromatic heterocycles. The van der Waals surface area contributed by atoms with Crippen LogP contribution < -0.4 is 10.6 Å². The molecule has 0 saturated carbocycles. The van der Waals surface area contributed by atoms with Gasteiger partial charge in [-0.1, -0.05) is 23.7 Å². The zero-order chi connectivity index (χ0) is 23.4. The number of thiophene rings is 1. The number of halogens is 2. The summed E-state index contributed by atoms with van der Waals surface area (Å²) in [5, 5.41) is 5.99. The second-order valence-corrected chi connectivity index (χ2v) is 8.29. The van der Waals surface area contributed by atoms with E-state index < -0.39 is 23.6 Å². The van der Waals surface area contributed by atoms with Gasteiger partial charge >= 0.3 is 5.97 Å². The smallest absolute Gasteiger partial charge is 0.341 e. The topological polar surface area (TPSA) is 84.5 Å². The van der Waals surface area contributed by atoms with Crippen LogP contribution in [0.5, 0.6) is 0 Å². The van der Waals surface area contributed by atoms with E-state index in [1.165, 1.54) is 18.2 Å². The lowest BCUT2D eigenvalue weighted by molar-refractivity contribution is 0.0527. The van der Waals surface area contributed by atoms with Crippen LogP contribution in [-0.2, 0) is 4.74 Å². The van der Waals surface area contributed by atoms with Gasteiger partial charge in [-0.25, -0.2) is 9.18 Å². The number of hydrogen-bond donors (Lipinski definition) is 2. The molecule has 3 rings (SSSR count). The number of ether oxygens (including phenoxy) is 1. The second-order valence-electron chi connectivity index (χ2n) is 6.86. The molecule has 2 aromatic carbocycles. The number of anilines is 2. The maximum atomic E-state index is 13.5. The first kappa shape index (κ1) is 23.4. The molecule has 32 heavy (non-hydrogen) atoms. The number of nitrogens with one attached hydrogen (secondary N) is 2. The molecule has 9 heteroatoms. The molecule has 0 radical (unpaired) electrons. The molecule has 2 amide bonds. The van der Waals surface area contributed by atoms with Gasteiger partial charge in [0, 0.05) is 16.3 Å². The van der Waals surface area contributed by atoms with Crippen LogP contribution in [0.3, 0.4) is 0 Å². The van der Waals surface area contributed by atoms with E-state index in [0.717, 1.165) is 23.0 Å². The number of amides is 2. The fourth-order valence-corrected chi connectivity index (χ4v) is 4.20. The molecule has 0 unspecified atom stereocenters. The highest BCUT2D eigenvalue weighted by Crippen LogP contribution is 2.35. The Labute approximate surface area is 193 Å². The van der Waals surface area contributed by atoms with Crippen molar-refractivity contribution in [1.29, 1.82) is 0 Å². The number of carbonyl (C=O) groups excluding carboxylic acids is 3. The Kier molecular flexibility index (Phi) is 7.27. The minimum Gasteiger partial charge on any atom is -0.462 e. The summed E-state index contributed by atoms with van der Waals surface area (Å²) < 4.78 is 18.6. The lowest BCUT2D eigenvalue weighted by Crippen LogP contribution is -2.15. The normalized spacial score (nSPS) is 10.5. The Balaban J connectivity index is 1.95. The fourth-order valence-electron chi connectivity index (χ4n) is 2.93. The summed E-state index contributed by atoms with van der Waals surface area (Å²) in [6.45, 7) is 5.21. The number of rotatable bonds is 6. The van der Waals surface area contributed by atoms with E-state index >= 15 is 0 Å². The molecule has 0 aliphatic heterocycles. The van der Waals surface area contributed by atoms with E-state index in [4.69, 9.17) is 16.3 Å². The van der Waals surface area contributed by atoms with Crippen LogP contribution in [0.25, 0.3) is 0 Å². The van der Waals surface area contributed by atoms with Crippen molar-refractivity contribution >= 4 is 51.4 Å². The van der Waals surface area contributed by atoms with Crippen LogP contribution >= 0.6 is 22.9 Å². The molecule has 2 N–H and O–H groups in total. The average Bonchev–Trinajstić information content (AvgIpc) is 3.06. The lowest BCUT2D eigenvalue weighted by atomic mass is 10.1. The zero-order valence-corrected chi connectivity index (χ0v) is 19.1. The molecule has 0 spiro atoms. The summed E-state index contributed by atoms with van der Waals surface area (Å²) >= 11 is 7.05. The standard InChI is InChI=1S/C23H20ClFN2O4S/c1-4-31-23(30)18-13(3)19(21(29)26-16-9-8-12(2)17(24)11-16)32-22(18)27-20(28)14-6-5-7-15(25)10-14/h5-11H,4H2,1-3H3,(H,26,29)(H,27,28). The van der Waals surface area contributed by atoms with Gasteiger partial charge in [0.05, 0.1) is 17.0 Å². The first-order chi connectivity index (χ1) is 15.2. The van der Waals surface area contributed by atoms with Crippen LogP contribution in [0, 0.1) is 19.7 Å². The summed E-state index contributed by atoms with van der Waals surface area (Å²) in [4.78, 5) is 38.3. The summed E-state index contributed by atoms with van der Waals surface area (Å²) in [6, 6.07) is 10.2. The highest BCUT2D eigenvalue weighted by Gasteiger charge is 2.27. The fraction of sp³-hybridized carbons (Fsp3) is 0.174. The third kappa shape index (κ3) is 5.15. The highest BCUT2D eigenvalue weighted by atomic mass is 35.5. The average molecular weight is 475 g/mol. The number of esters is 1. The summed E-state index contributed by atoms with van der Waals surface area (Å²) in [7, 11) is 0. The molecule has 0 bridgehead atoms. The molecule has 1 heterocycles. The van der Waals surface area contributed by atoms with Crippen LogP contribution in [0.4, 0.5) is 15.1 Å². The summed E-state index contributed by atoms with van der Waals surface area (Å²) in [6.07, 6.45) is 0. The van der Waals surface area contributed by atoms with E-state index in [9.17, 15) is 18.8 Å². The van der Waals surface area contributed by atoms with E-state index in [2.05, 4.69) is 10.6 Å². The zero-order valence-electron chi connectivity index (χ0n) is 17.5. The number of carbonyl (C=O) groups is 3. The van der Waals surface area contributed by atoms with Crippen molar-refractivity contribution in [3.8, 4) is 0 Å². The van der Waals surface area contributed by atoms with Crippen LogP contribution in [0.15, 0.2) is 42.5 Å². The molecular formula is C23H20ClFN2O4S. The van der Waals surface area contributed by atoms with Crippen molar-refractivity contribution in [3.05, 3.63) is 80.4 Å². The third-order valence-corrected chi connectivity index (χ3v) is 6.19. The summed E-state index contributed by atoms with van der Waals surface area (Å²) in [5.74, 6) is -2.33. The SMILES string of the molecule is CCOC(=O)c1c(NC(=O)c2cccc(F)c2)sc(C(=O)Nc2ccc(C)c(Cl)c2)c1C. The second kappa shape index (κ2) is 9.93. The molecule has 0 aliphatic rings. The predicted octanol–water partition coefficient (Wildman–Crippen LogP) is 5.84. The van der Waals surface area contributed by atoms with Crippen molar-refractivity contribution in [2.24, 2.45) is 0 Å². The molecule has 0 saturated heterocycles. The van der Waals surface area contributed by atoms with Gasteiger partial charge in [-0.3, -0.25) is 9.59 Å². The van der Waals surface area contributed by atoms with Gasteiger partial charge in [0.2, 0.25) is 0 Å². The molecule has 3 aromatic rings. The number of benzene rings is 2. The third-order valence-electron chi connectivity index (χ3n) is 4.58. The predicted molar refractivity (Wildman–Crippen MR) is 124 cm³/mol. The summed E-state index contributed by atoms with van der Waals surface area (Å²) in [5.41, 5.74) is 1.86. The molecule has 0 atom stereocenters. The number of hydrogen-bond acceptors (Lipinski definition) is 5. The minimum atomic E-state index is -0.673. The van der Waals surface area contributed by atoms with Crippen molar-refractivity contribution in [2.45, 2.75) is 20.8 Å². The van der Waals surface area contributed by atoms with Crippen LogP contribution in [-0.4, -0.2) is 24.4 Å². The molecule has 0 aliphatic carbocycles. The Morgan fingerprint density at radius 2 is 1.81 bits per heavy atom. The molecule has 6 nitrogen and oxygen atoms in total. The maximum absolute atomic E-state index is 13.5. The lowest BCUT2D eigenvalue weighted by Gasteiger charge is -2.07. The van der Waals surface area contributed by atoms with Gasteiger partial charge in [-0.2, -0.15) is 0 Å². The van der Waals surface area contributed by atoms with Crippen molar-refractivity contribution < 1.29 is 23.5 Å². The Hall–Kier alpha value is -3.23. The Bertz CT molecular complexity index is 1210. The van der Waals surface area contributed by atoms with Gasteiger partial charge in [0.25, 0.3) is 11.8 Å². The van der Waals surface area contributed by atoms with E-state index in [1.54, 1.807) is 32.0 Å².